The minimum Gasteiger partial charge on any atom is -0.465 e. The van der Waals surface area contributed by atoms with Crippen molar-refractivity contribution in [2.24, 2.45) is 52.3 Å². The summed E-state index contributed by atoms with van der Waals surface area (Å²) < 4.78 is 226. The summed E-state index contributed by atoms with van der Waals surface area (Å²) in [6.45, 7) is -7.37. The van der Waals surface area contributed by atoms with Crippen molar-refractivity contribution in [1.82, 2.24) is 0 Å². The quantitative estimate of drug-likeness (QED) is 0.0851. The zero-order chi connectivity index (χ0) is 52.6. The highest BCUT2D eigenvalue weighted by molar-refractivity contribution is 7.87. The maximum Gasteiger partial charge on any atom is 0.465 e. The summed E-state index contributed by atoms with van der Waals surface area (Å²) in [5, 5.41) is -5.25. The van der Waals surface area contributed by atoms with Crippen LogP contribution in [0.15, 0.2) is 0 Å². The molecule has 3 aliphatic heterocycles. The Kier molecular flexibility index (Phi) is 15.1. The summed E-state index contributed by atoms with van der Waals surface area (Å²) in [6.07, 6.45) is 0.953. The summed E-state index contributed by atoms with van der Waals surface area (Å²) in [7, 11) is -6.18. The molecule has 15 nitrogen and oxygen atoms in total. The first-order valence-corrected chi connectivity index (χ1v) is 26.7. The second kappa shape index (κ2) is 20.0. The Bertz CT molecular complexity index is 2140. The first-order valence-electron chi connectivity index (χ1n) is 25.2. The van der Waals surface area contributed by atoms with E-state index >= 15 is 0 Å². The van der Waals surface area contributed by atoms with E-state index in [0.29, 0.717) is 83.5 Å². The van der Waals surface area contributed by atoms with Crippen LogP contribution in [-0.4, -0.2) is 137 Å². The van der Waals surface area contributed by atoms with Crippen molar-refractivity contribution in [1.29, 1.82) is 0 Å². The molecule has 0 aromatic heterocycles. The number of hydrogen-bond donors (Lipinski definition) is 1. The number of alkyl halides is 10. The molecule has 0 spiro atoms. The zero-order valence-electron chi connectivity index (χ0n) is 39.9. The number of rotatable bonds is 12. The van der Waals surface area contributed by atoms with Crippen LogP contribution in [0.1, 0.15) is 116 Å². The lowest BCUT2D eigenvalue weighted by molar-refractivity contribution is -0.283. The van der Waals surface area contributed by atoms with Gasteiger partial charge in [-0.3, -0.25) is 14.1 Å². The molecular weight excluding hydrogens is 1030 g/mol. The predicted molar refractivity (Wildman–Crippen MR) is 225 cm³/mol. The minimum atomic E-state index is -6.18. The maximum absolute atomic E-state index is 14.5. The van der Waals surface area contributed by atoms with Gasteiger partial charge < -0.3 is 42.6 Å². The van der Waals surface area contributed by atoms with Crippen LogP contribution in [0.4, 0.5) is 43.9 Å². The van der Waals surface area contributed by atoms with Gasteiger partial charge >= 0.3 is 57.0 Å². The average Bonchev–Trinajstić information content (AvgIpc) is 3.49. The van der Waals surface area contributed by atoms with Crippen LogP contribution in [0.25, 0.3) is 0 Å². The van der Waals surface area contributed by atoms with Gasteiger partial charge in [0.15, 0.2) is 18.9 Å². The van der Waals surface area contributed by atoms with Gasteiger partial charge in [-0.1, -0.05) is 32.1 Å². The van der Waals surface area contributed by atoms with E-state index in [1.54, 1.807) is 0 Å². The molecule has 1 N–H and O–H groups in total. The molecule has 26 heteroatoms. The number of hydrogen-bond acceptors (Lipinski definition) is 14. The largest absolute Gasteiger partial charge is 0.465 e. The van der Waals surface area contributed by atoms with E-state index < -0.39 is 155 Å². The van der Waals surface area contributed by atoms with E-state index in [0.717, 1.165) is 0 Å². The molecule has 9 rings (SSSR count). The van der Waals surface area contributed by atoms with E-state index in [9.17, 15) is 66.7 Å². The average molecular weight is 1090 g/mol. The van der Waals surface area contributed by atoms with Crippen LogP contribution >= 0.6 is 0 Å². The molecule has 12 unspecified atom stereocenters. The first-order chi connectivity index (χ1) is 34.1. The van der Waals surface area contributed by atoms with Crippen LogP contribution in [0, 0.1) is 52.3 Å². The smallest absolute Gasteiger partial charge is 0.465 e. The van der Waals surface area contributed by atoms with Crippen LogP contribution in [-0.2, 0) is 67.1 Å². The summed E-state index contributed by atoms with van der Waals surface area (Å²) in [4.78, 5) is 41.4. The fourth-order valence-electron chi connectivity index (χ4n) is 13.9. The fourth-order valence-corrected chi connectivity index (χ4v) is 14.2. The molecule has 3 saturated heterocycles. The third-order valence-electron chi connectivity index (χ3n) is 17.4. The number of ether oxygens (including phenoxy) is 9. The van der Waals surface area contributed by atoms with Crippen molar-refractivity contribution >= 4 is 28.0 Å². The maximum atomic E-state index is 14.5. The number of halogens is 10. The number of esters is 3. The van der Waals surface area contributed by atoms with Crippen LogP contribution in [0.3, 0.4) is 0 Å². The van der Waals surface area contributed by atoms with E-state index in [1.165, 1.54) is 0 Å². The Morgan fingerprint density at radius 2 is 0.986 bits per heavy atom. The highest BCUT2D eigenvalue weighted by atomic mass is 32.2. The summed E-state index contributed by atoms with van der Waals surface area (Å²) >= 11 is 0. The lowest BCUT2D eigenvalue weighted by Gasteiger charge is -2.50. The lowest BCUT2D eigenvalue weighted by Crippen LogP contribution is -2.54. The van der Waals surface area contributed by atoms with E-state index in [1.807, 2.05) is 0 Å². The fraction of sp³-hybridized carbons (Fsp3) is 0.936. The Morgan fingerprint density at radius 1 is 0.562 bits per heavy atom. The van der Waals surface area contributed by atoms with Crippen molar-refractivity contribution in [2.45, 2.75) is 175 Å². The predicted octanol–water partition coefficient (Wildman–Crippen LogP) is 8.25. The molecule has 0 radical (unpaired) electrons. The Hall–Kier alpha value is -2.62. The second-order valence-corrected chi connectivity index (χ2v) is 24.2. The zero-order valence-corrected chi connectivity index (χ0v) is 40.7. The monoisotopic (exact) mass is 1090 g/mol. The number of carbonyl (C=O) groups excluding carboxylic acids is 3. The number of carbonyl (C=O) groups is 3. The van der Waals surface area contributed by atoms with Gasteiger partial charge in [-0.05, 0) is 101 Å². The van der Waals surface area contributed by atoms with Crippen molar-refractivity contribution in [3.8, 4) is 0 Å². The molecular formula is C47H62F10O15S. The van der Waals surface area contributed by atoms with Gasteiger partial charge in [0.2, 0.25) is 0 Å². The van der Waals surface area contributed by atoms with Gasteiger partial charge in [-0.15, -0.1) is 0 Å². The molecule has 0 aromatic rings. The van der Waals surface area contributed by atoms with Crippen LogP contribution < -0.4 is 0 Å². The van der Waals surface area contributed by atoms with Crippen LogP contribution in [0.5, 0.6) is 0 Å². The molecule has 6 bridgehead atoms. The molecule has 0 amide bonds. The van der Waals surface area contributed by atoms with Gasteiger partial charge in [0.05, 0.1) is 24.0 Å². The summed E-state index contributed by atoms with van der Waals surface area (Å²) in [5.41, 5.74) is -3.96. The Balaban J connectivity index is 0.916. The lowest BCUT2D eigenvalue weighted by atomic mass is 9.58. The third-order valence-corrected chi connectivity index (χ3v) is 18.3. The summed E-state index contributed by atoms with van der Waals surface area (Å²) in [5.74, 6) is -25.1. The van der Waals surface area contributed by atoms with Gasteiger partial charge in [0.1, 0.15) is 44.7 Å². The normalized spacial score (nSPS) is 40.8. The van der Waals surface area contributed by atoms with Gasteiger partial charge in [0.25, 0.3) is 0 Å². The Morgan fingerprint density at radius 3 is 1.45 bits per heavy atom. The third kappa shape index (κ3) is 11.0. The molecule has 416 valence electrons. The highest BCUT2D eigenvalue weighted by Crippen LogP contribution is 2.56. The first kappa shape index (κ1) is 55.1. The van der Waals surface area contributed by atoms with E-state index in [-0.39, 0.29) is 63.1 Å². The standard InChI is InChI=1S/C47H62F10O15S/c48-43(49)22-67-34(68-23-44(43,50)51)29-10-26-4-1-7-40(13-26,16-29)37(58)65-20-32-19-64-36(31-12-28-6-3-9-42(15-28,18-31)72-39(60)47(56,57)73(61,62)63)71-33(32)21-66-38(59)41-8-2-5-27(14-41)11-30(17-41)35-69-24-45(52,53)46(54,55)25-70-35/h26-36H,1-25H2,(H,61,62,63). The minimum absolute atomic E-state index is 0.00913. The Labute approximate surface area is 414 Å². The topological polar surface area (TPSA) is 189 Å². The molecule has 6 saturated carbocycles. The van der Waals surface area contributed by atoms with Gasteiger partial charge in [-0.2, -0.15) is 52.3 Å². The summed E-state index contributed by atoms with van der Waals surface area (Å²) in [6, 6.07) is 0. The van der Waals surface area contributed by atoms with Gasteiger partial charge in [0, 0.05) is 23.7 Å². The van der Waals surface area contributed by atoms with Crippen molar-refractivity contribution in [2.75, 3.05) is 46.2 Å². The molecule has 9 aliphatic rings. The second-order valence-electron chi connectivity index (χ2n) is 22.7. The van der Waals surface area contributed by atoms with Gasteiger partial charge in [-0.25, -0.2) is 4.79 Å². The molecule has 6 aliphatic carbocycles. The molecule has 3 heterocycles. The SMILES string of the molecule is O=C(OCC1COC(C2CC3CCCC(OC(=O)C(F)(F)S(=O)(=O)O)(C3)C2)OC1COC(=O)C12CCCC(CC(C3OCC(F)(F)C(F)(F)CO3)C1)C2)C12CCCC(CC(C3OCC(F)(F)C(F)(F)CO3)C1)C2. The van der Waals surface area contributed by atoms with Crippen molar-refractivity contribution < 1.29 is 114 Å². The van der Waals surface area contributed by atoms with Crippen molar-refractivity contribution in [3.05, 3.63) is 0 Å². The van der Waals surface area contributed by atoms with Crippen molar-refractivity contribution in [3.63, 3.8) is 0 Å². The van der Waals surface area contributed by atoms with E-state index in [2.05, 4.69) is 0 Å². The van der Waals surface area contributed by atoms with Crippen LogP contribution in [0.2, 0.25) is 0 Å². The molecule has 73 heavy (non-hydrogen) atoms. The molecule has 9 fully saturated rings. The van der Waals surface area contributed by atoms with E-state index in [4.69, 9.17) is 47.2 Å². The highest BCUT2D eigenvalue weighted by Gasteiger charge is 2.63. The molecule has 0 aromatic carbocycles. The molecule has 12 atom stereocenters. The number of fused-ring (bicyclic) bond motifs is 6.